The molecule has 0 amide bonds. The third kappa shape index (κ3) is 3.68. The van der Waals surface area contributed by atoms with E-state index >= 15 is 0 Å². The van der Waals surface area contributed by atoms with Gasteiger partial charge in [0.15, 0.2) is 0 Å². The molecule has 1 atom stereocenters. The lowest BCUT2D eigenvalue weighted by atomic mass is 10.4. The molecule has 0 aliphatic heterocycles. The summed E-state index contributed by atoms with van der Waals surface area (Å²) in [6, 6.07) is 5.79. The van der Waals surface area contributed by atoms with E-state index in [1.165, 1.54) is 0 Å². The number of aryl methyl sites for hydroxylation is 1. The van der Waals surface area contributed by atoms with Gasteiger partial charge in [0.2, 0.25) is 10.0 Å². The standard InChI is InChI=1S/C12H19N3O2S/c1-9-4-3-5-12(14-9)15-18(16,17)10(2)8-13-11-6-7-11/h3-5,10-11,13H,6-8H2,1-2H3,(H,14,15). The van der Waals surface area contributed by atoms with E-state index in [2.05, 4.69) is 15.0 Å². The molecule has 0 aromatic carbocycles. The van der Waals surface area contributed by atoms with Crippen LogP contribution in [0.4, 0.5) is 5.82 Å². The van der Waals surface area contributed by atoms with Crippen molar-refractivity contribution in [1.82, 2.24) is 10.3 Å². The summed E-state index contributed by atoms with van der Waals surface area (Å²) in [6.07, 6.45) is 2.30. The van der Waals surface area contributed by atoms with Gasteiger partial charge in [0, 0.05) is 18.3 Å². The summed E-state index contributed by atoms with van der Waals surface area (Å²) in [5, 5.41) is 2.75. The van der Waals surface area contributed by atoms with E-state index in [0.717, 1.165) is 18.5 Å². The molecule has 1 unspecified atom stereocenters. The Morgan fingerprint density at radius 1 is 1.44 bits per heavy atom. The molecule has 1 fully saturated rings. The van der Waals surface area contributed by atoms with Gasteiger partial charge < -0.3 is 5.32 Å². The SMILES string of the molecule is Cc1cccc(NS(=O)(=O)C(C)CNC2CC2)n1. The van der Waals surface area contributed by atoms with E-state index < -0.39 is 15.3 Å². The highest BCUT2D eigenvalue weighted by molar-refractivity contribution is 7.93. The van der Waals surface area contributed by atoms with Gasteiger partial charge in [-0.2, -0.15) is 0 Å². The van der Waals surface area contributed by atoms with Crippen LogP contribution in [0.1, 0.15) is 25.5 Å². The second kappa shape index (κ2) is 5.24. The van der Waals surface area contributed by atoms with Crippen molar-refractivity contribution in [3.8, 4) is 0 Å². The molecule has 18 heavy (non-hydrogen) atoms. The largest absolute Gasteiger partial charge is 0.313 e. The highest BCUT2D eigenvalue weighted by Crippen LogP contribution is 2.19. The fourth-order valence-corrected chi connectivity index (χ4v) is 2.50. The zero-order chi connectivity index (χ0) is 13.2. The number of rotatable bonds is 6. The van der Waals surface area contributed by atoms with Crippen LogP contribution in [0.2, 0.25) is 0 Å². The van der Waals surface area contributed by atoms with Crippen LogP contribution in [0.25, 0.3) is 0 Å². The van der Waals surface area contributed by atoms with Crippen molar-refractivity contribution in [2.24, 2.45) is 0 Å². The number of hydrogen-bond acceptors (Lipinski definition) is 4. The topological polar surface area (TPSA) is 71.1 Å². The molecule has 0 saturated heterocycles. The predicted molar refractivity (Wildman–Crippen MR) is 72.0 cm³/mol. The molecule has 1 heterocycles. The first kappa shape index (κ1) is 13.3. The van der Waals surface area contributed by atoms with Crippen LogP contribution in [0.15, 0.2) is 18.2 Å². The van der Waals surface area contributed by atoms with Gasteiger partial charge in [-0.15, -0.1) is 0 Å². The molecule has 5 nitrogen and oxygen atoms in total. The summed E-state index contributed by atoms with van der Waals surface area (Å²) in [4.78, 5) is 4.14. The average molecular weight is 269 g/mol. The van der Waals surface area contributed by atoms with E-state index in [1.807, 2.05) is 13.0 Å². The smallest absolute Gasteiger partial charge is 0.237 e. The molecule has 2 rings (SSSR count). The average Bonchev–Trinajstić information content (AvgIpc) is 3.08. The first-order valence-corrected chi connectivity index (χ1v) is 7.71. The maximum atomic E-state index is 12.1. The first-order valence-electron chi connectivity index (χ1n) is 6.16. The minimum Gasteiger partial charge on any atom is -0.313 e. The number of nitrogens with one attached hydrogen (secondary N) is 2. The Balaban J connectivity index is 1.96. The molecular formula is C12H19N3O2S. The van der Waals surface area contributed by atoms with Gasteiger partial charge in [-0.3, -0.25) is 4.72 Å². The second-order valence-corrected chi connectivity index (χ2v) is 6.90. The van der Waals surface area contributed by atoms with Gasteiger partial charge >= 0.3 is 0 Å². The zero-order valence-corrected chi connectivity index (χ0v) is 11.5. The molecule has 1 saturated carbocycles. The Labute approximate surface area is 108 Å². The number of nitrogens with zero attached hydrogens (tertiary/aromatic N) is 1. The molecule has 1 aliphatic rings. The van der Waals surface area contributed by atoms with Gasteiger partial charge in [0.1, 0.15) is 5.82 Å². The molecule has 1 aromatic rings. The Kier molecular flexibility index (Phi) is 3.87. The fraction of sp³-hybridized carbons (Fsp3) is 0.583. The fourth-order valence-electron chi connectivity index (χ4n) is 1.58. The van der Waals surface area contributed by atoms with Crippen molar-refractivity contribution in [3.63, 3.8) is 0 Å². The van der Waals surface area contributed by atoms with Crippen molar-refractivity contribution in [2.45, 2.75) is 38.0 Å². The molecule has 0 spiro atoms. The Morgan fingerprint density at radius 2 is 2.17 bits per heavy atom. The lowest BCUT2D eigenvalue weighted by Crippen LogP contribution is -2.35. The van der Waals surface area contributed by atoms with Crippen LogP contribution >= 0.6 is 0 Å². The molecular weight excluding hydrogens is 250 g/mol. The van der Waals surface area contributed by atoms with Crippen molar-refractivity contribution in [1.29, 1.82) is 0 Å². The van der Waals surface area contributed by atoms with Crippen molar-refractivity contribution < 1.29 is 8.42 Å². The molecule has 0 radical (unpaired) electrons. The van der Waals surface area contributed by atoms with Gasteiger partial charge in [-0.05, 0) is 38.8 Å². The van der Waals surface area contributed by atoms with E-state index in [-0.39, 0.29) is 0 Å². The molecule has 1 aromatic heterocycles. The summed E-state index contributed by atoms with van der Waals surface area (Å²) in [6.45, 7) is 4.01. The molecule has 6 heteroatoms. The van der Waals surface area contributed by atoms with Crippen LogP contribution in [0, 0.1) is 6.92 Å². The molecule has 1 aliphatic carbocycles. The summed E-state index contributed by atoms with van der Waals surface area (Å²) in [5.74, 6) is 0.383. The van der Waals surface area contributed by atoms with Crippen molar-refractivity contribution >= 4 is 15.8 Å². The van der Waals surface area contributed by atoms with E-state index in [4.69, 9.17) is 0 Å². The van der Waals surface area contributed by atoms with Gasteiger partial charge in [0.05, 0.1) is 5.25 Å². The van der Waals surface area contributed by atoms with Crippen LogP contribution < -0.4 is 10.0 Å². The van der Waals surface area contributed by atoms with Crippen LogP contribution in [0.3, 0.4) is 0 Å². The van der Waals surface area contributed by atoms with Gasteiger partial charge in [-0.25, -0.2) is 13.4 Å². The Hall–Kier alpha value is -1.14. The minimum absolute atomic E-state index is 0.383. The monoisotopic (exact) mass is 269 g/mol. The summed E-state index contributed by atoms with van der Waals surface area (Å²) < 4.78 is 26.6. The van der Waals surface area contributed by atoms with E-state index in [1.54, 1.807) is 19.1 Å². The predicted octanol–water partition coefficient (Wildman–Crippen LogP) is 1.27. The molecule has 2 N–H and O–H groups in total. The summed E-state index contributed by atoms with van der Waals surface area (Å²) in [5.41, 5.74) is 0.791. The van der Waals surface area contributed by atoms with Crippen molar-refractivity contribution in [3.05, 3.63) is 23.9 Å². The first-order chi connectivity index (χ1) is 8.47. The minimum atomic E-state index is -3.37. The van der Waals surface area contributed by atoms with Gasteiger partial charge in [-0.1, -0.05) is 6.07 Å². The zero-order valence-electron chi connectivity index (χ0n) is 10.7. The third-order valence-electron chi connectivity index (χ3n) is 2.94. The lowest BCUT2D eigenvalue weighted by molar-refractivity contribution is 0.576. The van der Waals surface area contributed by atoms with E-state index in [9.17, 15) is 8.42 Å². The number of aromatic nitrogens is 1. The Morgan fingerprint density at radius 3 is 2.78 bits per heavy atom. The highest BCUT2D eigenvalue weighted by Gasteiger charge is 2.25. The maximum absolute atomic E-state index is 12.1. The number of anilines is 1. The van der Waals surface area contributed by atoms with Crippen LogP contribution in [0.5, 0.6) is 0 Å². The highest BCUT2D eigenvalue weighted by atomic mass is 32.2. The normalized spacial score (nSPS) is 17.4. The third-order valence-corrected chi connectivity index (χ3v) is 4.66. The summed E-state index contributed by atoms with van der Waals surface area (Å²) in [7, 11) is -3.37. The van der Waals surface area contributed by atoms with Crippen molar-refractivity contribution in [2.75, 3.05) is 11.3 Å². The quantitative estimate of drug-likeness (QED) is 0.816. The number of sulfonamides is 1. The van der Waals surface area contributed by atoms with Crippen LogP contribution in [-0.4, -0.2) is 31.2 Å². The molecule has 100 valence electrons. The van der Waals surface area contributed by atoms with Crippen LogP contribution in [-0.2, 0) is 10.0 Å². The second-order valence-electron chi connectivity index (χ2n) is 4.80. The molecule has 0 bridgehead atoms. The van der Waals surface area contributed by atoms with E-state index in [0.29, 0.717) is 18.4 Å². The summed E-state index contributed by atoms with van der Waals surface area (Å²) >= 11 is 0. The Bertz CT molecular complexity index is 512. The number of pyridine rings is 1. The van der Waals surface area contributed by atoms with Gasteiger partial charge in [0.25, 0.3) is 0 Å². The maximum Gasteiger partial charge on any atom is 0.237 e. The number of hydrogen-bond donors (Lipinski definition) is 2. The lowest BCUT2D eigenvalue weighted by Gasteiger charge is -2.15.